The molecule has 0 spiro atoms. The van der Waals surface area contributed by atoms with Crippen LogP contribution in [0.25, 0.3) is 110 Å². The lowest BCUT2D eigenvalue weighted by atomic mass is 9.99. The van der Waals surface area contributed by atoms with E-state index in [1.54, 1.807) is 0 Å². The summed E-state index contributed by atoms with van der Waals surface area (Å²) in [6.07, 6.45) is 0. The van der Waals surface area contributed by atoms with Crippen molar-refractivity contribution in [1.82, 2.24) is 24.5 Å². The van der Waals surface area contributed by atoms with Crippen LogP contribution in [0.5, 0.6) is 0 Å². The molecule has 7 aromatic carbocycles. The van der Waals surface area contributed by atoms with Crippen LogP contribution in [0.15, 0.2) is 158 Å². The van der Waals surface area contributed by atoms with Gasteiger partial charge in [-0.15, -0.1) is 11.3 Å². The zero-order valence-corrected chi connectivity index (χ0v) is 29.0. The third-order valence-electron chi connectivity index (χ3n) is 10.6. The fourth-order valence-corrected chi connectivity index (χ4v) is 9.40. The molecule has 53 heavy (non-hydrogen) atoms. The second-order valence-electron chi connectivity index (χ2n) is 13.5. The molecule has 0 saturated carbocycles. The summed E-state index contributed by atoms with van der Waals surface area (Å²) in [5, 5.41) is 4.80. The SMILES string of the molecule is c1ccc(-c2nc(-c3ccc4sc5ccccc5c4c3)nc(-n3c4cccc5c4c4c3ccc3[nH]c(-c6ccccc6)[n+](c34)-c3ccccc3-5)n2)cc1. The van der Waals surface area contributed by atoms with E-state index in [-0.39, 0.29) is 0 Å². The molecule has 0 aliphatic carbocycles. The minimum Gasteiger partial charge on any atom is -0.278 e. The first-order chi connectivity index (χ1) is 26.3. The second-order valence-corrected chi connectivity index (χ2v) is 14.6. The first-order valence-electron chi connectivity index (χ1n) is 17.7. The molecular formula is C46H27N6S+. The monoisotopic (exact) mass is 695 g/mol. The topological polar surface area (TPSA) is 63.3 Å². The van der Waals surface area contributed by atoms with E-state index in [2.05, 4.69) is 154 Å². The number of rotatable bonds is 4. The van der Waals surface area contributed by atoms with Crippen LogP contribution in [-0.2, 0) is 0 Å². The number of aromatic nitrogens is 6. The van der Waals surface area contributed by atoms with E-state index < -0.39 is 0 Å². The van der Waals surface area contributed by atoms with Gasteiger partial charge in [0.15, 0.2) is 22.7 Å². The van der Waals surface area contributed by atoms with E-state index in [0.29, 0.717) is 17.6 Å². The molecule has 0 fully saturated rings. The molecule has 0 unspecified atom stereocenters. The van der Waals surface area contributed by atoms with Crippen molar-refractivity contribution >= 4 is 64.3 Å². The molecule has 11 aromatic rings. The van der Waals surface area contributed by atoms with Crippen LogP contribution < -0.4 is 4.57 Å². The molecule has 246 valence electrons. The maximum atomic E-state index is 5.32. The van der Waals surface area contributed by atoms with Gasteiger partial charge in [-0.3, -0.25) is 4.57 Å². The van der Waals surface area contributed by atoms with Crippen LogP contribution in [0.3, 0.4) is 0 Å². The molecule has 0 amide bonds. The van der Waals surface area contributed by atoms with Crippen LogP contribution in [0, 0.1) is 0 Å². The van der Waals surface area contributed by atoms with E-state index in [9.17, 15) is 0 Å². The van der Waals surface area contributed by atoms with Gasteiger partial charge in [0, 0.05) is 42.2 Å². The van der Waals surface area contributed by atoms with Crippen LogP contribution >= 0.6 is 11.3 Å². The van der Waals surface area contributed by atoms with Crippen molar-refractivity contribution < 1.29 is 4.57 Å². The quantitative estimate of drug-likeness (QED) is 0.186. The number of H-pyrrole nitrogens is 1. The van der Waals surface area contributed by atoms with Gasteiger partial charge in [0.05, 0.1) is 22.0 Å². The van der Waals surface area contributed by atoms with Crippen molar-refractivity contribution in [2.45, 2.75) is 0 Å². The summed E-state index contributed by atoms with van der Waals surface area (Å²) in [5.41, 5.74) is 10.8. The Morgan fingerprint density at radius 3 is 2.08 bits per heavy atom. The van der Waals surface area contributed by atoms with Crippen molar-refractivity contribution in [2.24, 2.45) is 0 Å². The Balaban J connectivity index is 1.19. The molecule has 0 bridgehead atoms. The highest BCUT2D eigenvalue weighted by molar-refractivity contribution is 7.25. The third kappa shape index (κ3) is 4.08. The van der Waals surface area contributed by atoms with Gasteiger partial charge in [-0.2, -0.15) is 14.5 Å². The Kier molecular flexibility index (Phi) is 5.84. The van der Waals surface area contributed by atoms with E-state index >= 15 is 0 Å². The molecule has 12 rings (SSSR count). The van der Waals surface area contributed by atoms with Gasteiger partial charge >= 0.3 is 0 Å². The molecule has 6 nitrogen and oxygen atoms in total. The molecule has 0 saturated heterocycles. The third-order valence-corrected chi connectivity index (χ3v) is 11.8. The molecular weight excluding hydrogens is 669 g/mol. The minimum absolute atomic E-state index is 0.583. The molecule has 0 atom stereocenters. The van der Waals surface area contributed by atoms with Crippen molar-refractivity contribution in [2.75, 3.05) is 0 Å². The smallest absolute Gasteiger partial charge is 0.278 e. The van der Waals surface area contributed by atoms with E-state index in [1.807, 2.05) is 29.5 Å². The number of fused-ring (bicyclic) bond motifs is 6. The fourth-order valence-electron chi connectivity index (χ4n) is 8.31. The zero-order chi connectivity index (χ0) is 34.6. The van der Waals surface area contributed by atoms with E-state index in [0.717, 1.165) is 55.7 Å². The summed E-state index contributed by atoms with van der Waals surface area (Å²) in [7, 11) is 0. The van der Waals surface area contributed by atoms with Crippen LogP contribution in [0.4, 0.5) is 0 Å². The number of hydrogen-bond donors (Lipinski definition) is 1. The number of imidazole rings is 1. The molecule has 4 aromatic heterocycles. The van der Waals surface area contributed by atoms with Crippen molar-refractivity contribution in [3.63, 3.8) is 0 Å². The summed E-state index contributed by atoms with van der Waals surface area (Å²) >= 11 is 1.81. The Morgan fingerprint density at radius 1 is 0.509 bits per heavy atom. The largest absolute Gasteiger partial charge is 0.292 e. The van der Waals surface area contributed by atoms with Gasteiger partial charge in [0.2, 0.25) is 5.95 Å². The summed E-state index contributed by atoms with van der Waals surface area (Å²) in [6.45, 7) is 0. The average Bonchev–Trinajstić information content (AvgIpc) is 3.88. The average molecular weight is 696 g/mol. The predicted octanol–water partition coefficient (Wildman–Crippen LogP) is 11.1. The van der Waals surface area contributed by atoms with Gasteiger partial charge in [0.25, 0.3) is 5.82 Å². The molecule has 7 heteroatoms. The fraction of sp³-hybridized carbons (Fsp3) is 0. The maximum absolute atomic E-state index is 5.32. The molecule has 0 radical (unpaired) electrons. The van der Waals surface area contributed by atoms with Gasteiger partial charge in [-0.05, 0) is 66.2 Å². The Hall–Kier alpha value is -6.96. The number of para-hydroxylation sites is 1. The first kappa shape index (κ1) is 28.7. The summed E-state index contributed by atoms with van der Waals surface area (Å²) in [6, 6.07) is 55.7. The van der Waals surface area contributed by atoms with Crippen molar-refractivity contribution in [3.05, 3.63) is 158 Å². The highest BCUT2D eigenvalue weighted by atomic mass is 32.1. The van der Waals surface area contributed by atoms with Gasteiger partial charge in [0.1, 0.15) is 5.69 Å². The van der Waals surface area contributed by atoms with Crippen molar-refractivity contribution in [3.8, 4) is 56.9 Å². The van der Waals surface area contributed by atoms with Crippen LogP contribution in [0.2, 0.25) is 0 Å². The summed E-state index contributed by atoms with van der Waals surface area (Å²) < 4.78 is 7.16. The molecule has 1 aliphatic heterocycles. The predicted molar refractivity (Wildman–Crippen MR) is 216 cm³/mol. The number of nitrogens with one attached hydrogen (secondary N) is 1. The van der Waals surface area contributed by atoms with Gasteiger partial charge < -0.3 is 0 Å². The van der Waals surface area contributed by atoms with Gasteiger partial charge in [-0.25, -0.2) is 9.97 Å². The number of hydrogen-bond acceptors (Lipinski definition) is 4. The number of aromatic amines is 1. The Bertz CT molecular complexity index is 3280. The summed E-state index contributed by atoms with van der Waals surface area (Å²) in [4.78, 5) is 19.5. The standard InChI is InChI=1S/C46H26N6S/c1-3-12-27(13-4-1)43-48-44(29-22-25-39-33(26-29)31-17-8-10-21-38(31)53-39)50-46(49-43)51-36-20-11-18-32-30-16-7-9-19-35(30)52-42-34(23-24-37(51)41(42)40(32)36)47-45(52)28-14-5-2-6-15-28/h1-26H/p+1. The minimum atomic E-state index is 0.583. The van der Waals surface area contributed by atoms with E-state index in [4.69, 9.17) is 15.0 Å². The lowest BCUT2D eigenvalue weighted by molar-refractivity contribution is -0.553. The van der Waals surface area contributed by atoms with E-state index in [1.165, 1.54) is 36.7 Å². The van der Waals surface area contributed by atoms with Crippen molar-refractivity contribution in [1.29, 1.82) is 0 Å². The second kappa shape index (κ2) is 10.8. The molecule has 1 aliphatic rings. The van der Waals surface area contributed by atoms with Crippen LogP contribution in [0.1, 0.15) is 0 Å². The number of nitrogens with zero attached hydrogens (tertiary/aromatic N) is 5. The number of benzene rings is 7. The highest BCUT2D eigenvalue weighted by Crippen LogP contribution is 2.45. The molecule has 5 heterocycles. The zero-order valence-electron chi connectivity index (χ0n) is 28.2. The Morgan fingerprint density at radius 2 is 1.21 bits per heavy atom. The number of thiophene rings is 1. The summed E-state index contributed by atoms with van der Waals surface area (Å²) in [5.74, 6) is 2.90. The lowest BCUT2D eigenvalue weighted by Crippen LogP contribution is -2.32. The first-order valence-corrected chi connectivity index (χ1v) is 18.5. The molecule has 1 N–H and O–H groups in total. The van der Waals surface area contributed by atoms with Crippen LogP contribution in [-0.4, -0.2) is 24.5 Å². The lowest BCUT2D eigenvalue weighted by Gasteiger charge is -2.12. The highest BCUT2D eigenvalue weighted by Gasteiger charge is 2.33. The van der Waals surface area contributed by atoms with Gasteiger partial charge in [-0.1, -0.05) is 97.1 Å². The maximum Gasteiger partial charge on any atom is 0.292 e. The Labute approximate surface area is 306 Å². The normalized spacial score (nSPS) is 12.2.